The fourth-order valence-corrected chi connectivity index (χ4v) is 2.81. The van der Waals surface area contributed by atoms with Crippen LogP contribution >= 0.6 is 11.6 Å². The van der Waals surface area contributed by atoms with Gasteiger partial charge in [-0.2, -0.15) is 5.10 Å². The highest BCUT2D eigenvalue weighted by molar-refractivity contribution is 6.31. The number of aromatic carboxylic acids is 1. The third kappa shape index (κ3) is 4.83. The fraction of sp³-hybridized carbons (Fsp3) is 0.167. The Hall–Kier alpha value is -3.46. The molecule has 0 radical (unpaired) electrons. The first-order chi connectivity index (χ1) is 13.1. The molecule has 0 amide bonds. The number of carbonyl (C=O) groups is 3. The molecule has 10 heteroatoms. The molecule has 0 bridgehead atoms. The highest BCUT2D eigenvalue weighted by atomic mass is 35.5. The van der Waals surface area contributed by atoms with Gasteiger partial charge in [-0.15, -0.1) is 0 Å². The van der Waals surface area contributed by atoms with E-state index in [1.54, 1.807) is 24.4 Å². The number of aliphatic carboxylic acids is 2. The second-order valence-corrected chi connectivity index (χ2v) is 6.51. The lowest BCUT2D eigenvalue weighted by Gasteiger charge is -2.24. The van der Waals surface area contributed by atoms with Gasteiger partial charge in [-0.3, -0.25) is 14.9 Å². The van der Waals surface area contributed by atoms with Crippen molar-refractivity contribution in [3.8, 4) is 11.4 Å². The smallest absolute Gasteiger partial charge is 0.339 e. The number of hydrogen-bond acceptors (Lipinski definition) is 5. The summed E-state index contributed by atoms with van der Waals surface area (Å²) in [7, 11) is 0. The molecule has 1 aliphatic rings. The van der Waals surface area contributed by atoms with Crippen LogP contribution in [0.2, 0.25) is 0 Å². The number of H-pyrrole nitrogens is 1. The fourth-order valence-electron chi connectivity index (χ4n) is 2.44. The predicted molar refractivity (Wildman–Crippen MR) is 98.8 cm³/mol. The van der Waals surface area contributed by atoms with E-state index in [9.17, 15) is 14.4 Å². The Kier molecular flexibility index (Phi) is 6.32. The monoisotopic (exact) mass is 405 g/mol. The van der Waals surface area contributed by atoms with E-state index in [-0.39, 0.29) is 22.6 Å². The van der Waals surface area contributed by atoms with Crippen LogP contribution < -0.4 is 0 Å². The predicted octanol–water partition coefficient (Wildman–Crippen LogP) is 2.78. The van der Waals surface area contributed by atoms with E-state index < -0.39 is 23.3 Å². The number of nitrogens with zero attached hydrogens (tertiary/aromatic N) is 2. The number of hydrogen-bond donors (Lipinski definition) is 4. The molecule has 28 heavy (non-hydrogen) atoms. The Labute approximate surface area is 164 Å². The van der Waals surface area contributed by atoms with Crippen LogP contribution in [0.1, 0.15) is 23.7 Å². The molecule has 2 heterocycles. The number of pyridine rings is 1. The summed E-state index contributed by atoms with van der Waals surface area (Å²) in [6.45, 7) is 1.44. The third-order valence-electron chi connectivity index (χ3n) is 3.87. The van der Waals surface area contributed by atoms with Gasteiger partial charge in [-0.05, 0) is 37.6 Å². The van der Waals surface area contributed by atoms with Crippen LogP contribution in [-0.2, 0) is 9.59 Å². The standard InChI is InChI=1S/C9H9ClO4.C9H7N3O2/c1-9(8(13)14)3-5(7(11)12)2-6(10)4-9;13-9(14)6-5-11-12-8(6)7-3-1-2-4-10-7/h2,4H,3H2,1H3,(H,11,12)(H,13,14);1-5H,(H,11,12)(H,13,14). The Morgan fingerprint density at radius 1 is 1.18 bits per heavy atom. The summed E-state index contributed by atoms with van der Waals surface area (Å²) in [4.78, 5) is 36.3. The van der Waals surface area contributed by atoms with E-state index in [1.807, 2.05) is 0 Å². The van der Waals surface area contributed by atoms with Crippen LogP contribution in [0.25, 0.3) is 11.4 Å². The summed E-state index contributed by atoms with van der Waals surface area (Å²) >= 11 is 5.64. The summed E-state index contributed by atoms with van der Waals surface area (Å²) in [5, 5.41) is 32.9. The van der Waals surface area contributed by atoms with Crippen molar-refractivity contribution in [3.63, 3.8) is 0 Å². The molecular weight excluding hydrogens is 390 g/mol. The number of halogens is 1. The highest BCUT2D eigenvalue weighted by Gasteiger charge is 2.36. The van der Waals surface area contributed by atoms with E-state index in [0.717, 1.165) is 0 Å². The number of carboxylic acids is 3. The van der Waals surface area contributed by atoms with Crippen LogP contribution in [-0.4, -0.2) is 48.4 Å². The van der Waals surface area contributed by atoms with Crippen LogP contribution in [0.3, 0.4) is 0 Å². The third-order valence-corrected chi connectivity index (χ3v) is 4.09. The number of nitrogens with one attached hydrogen (secondary N) is 1. The number of carboxylic acid groups (broad SMARTS) is 3. The van der Waals surface area contributed by atoms with E-state index in [0.29, 0.717) is 11.4 Å². The lowest BCUT2D eigenvalue weighted by molar-refractivity contribution is -0.145. The van der Waals surface area contributed by atoms with Crippen molar-refractivity contribution in [3.05, 3.63) is 58.9 Å². The van der Waals surface area contributed by atoms with Gasteiger partial charge in [-0.1, -0.05) is 17.7 Å². The van der Waals surface area contributed by atoms with Gasteiger partial charge in [0, 0.05) is 23.0 Å². The van der Waals surface area contributed by atoms with Crippen LogP contribution in [0, 0.1) is 5.41 Å². The molecule has 1 atom stereocenters. The van der Waals surface area contributed by atoms with Crippen LogP contribution in [0.5, 0.6) is 0 Å². The molecule has 2 aromatic rings. The molecule has 1 unspecified atom stereocenters. The Balaban J connectivity index is 0.000000200. The van der Waals surface area contributed by atoms with Crippen LogP contribution in [0.4, 0.5) is 0 Å². The van der Waals surface area contributed by atoms with Crippen molar-refractivity contribution < 1.29 is 29.7 Å². The second kappa shape index (κ2) is 8.49. The minimum absolute atomic E-state index is 0.0161. The zero-order valence-electron chi connectivity index (χ0n) is 14.6. The number of allylic oxidation sites excluding steroid dienone is 2. The number of aromatic amines is 1. The summed E-state index contributed by atoms with van der Waals surface area (Å²) < 4.78 is 0. The van der Waals surface area contributed by atoms with Gasteiger partial charge in [0.05, 0.1) is 11.1 Å². The molecule has 0 saturated carbocycles. The molecule has 4 N–H and O–H groups in total. The van der Waals surface area contributed by atoms with E-state index >= 15 is 0 Å². The Morgan fingerprint density at radius 3 is 2.43 bits per heavy atom. The molecule has 0 saturated heterocycles. The lowest BCUT2D eigenvalue weighted by Crippen LogP contribution is -2.29. The minimum Gasteiger partial charge on any atom is -0.481 e. The van der Waals surface area contributed by atoms with Gasteiger partial charge in [0.2, 0.25) is 0 Å². The lowest BCUT2D eigenvalue weighted by atomic mass is 9.80. The number of aromatic nitrogens is 3. The molecule has 3 rings (SSSR count). The van der Waals surface area contributed by atoms with Crippen molar-refractivity contribution in [2.75, 3.05) is 0 Å². The average molecular weight is 406 g/mol. The van der Waals surface area contributed by atoms with Crippen molar-refractivity contribution in [1.29, 1.82) is 0 Å². The Bertz CT molecular complexity index is 967. The summed E-state index contributed by atoms with van der Waals surface area (Å²) in [6.07, 6.45) is 5.51. The van der Waals surface area contributed by atoms with Crippen molar-refractivity contribution in [2.24, 2.45) is 5.41 Å². The molecule has 1 aliphatic carbocycles. The van der Waals surface area contributed by atoms with Gasteiger partial charge in [-0.25, -0.2) is 9.59 Å². The summed E-state index contributed by atoms with van der Waals surface area (Å²) in [5.41, 5.74) is -0.171. The molecule has 0 aromatic carbocycles. The topological polar surface area (TPSA) is 153 Å². The van der Waals surface area contributed by atoms with E-state index in [1.165, 1.54) is 25.3 Å². The maximum atomic E-state index is 10.9. The first-order valence-corrected chi connectivity index (χ1v) is 8.26. The molecule has 0 spiro atoms. The van der Waals surface area contributed by atoms with E-state index in [2.05, 4.69) is 15.2 Å². The van der Waals surface area contributed by atoms with Gasteiger partial charge < -0.3 is 15.3 Å². The molecule has 0 fully saturated rings. The Morgan fingerprint density at radius 2 is 1.89 bits per heavy atom. The van der Waals surface area contributed by atoms with E-state index in [4.69, 9.17) is 26.9 Å². The normalized spacial score (nSPS) is 18.2. The molecule has 9 nitrogen and oxygen atoms in total. The van der Waals surface area contributed by atoms with Gasteiger partial charge in [0.25, 0.3) is 0 Å². The second-order valence-electron chi connectivity index (χ2n) is 6.07. The quantitative estimate of drug-likeness (QED) is 0.605. The largest absolute Gasteiger partial charge is 0.481 e. The van der Waals surface area contributed by atoms with Crippen LogP contribution in [0.15, 0.2) is 53.4 Å². The van der Waals surface area contributed by atoms with Crippen molar-refractivity contribution in [1.82, 2.24) is 15.2 Å². The van der Waals surface area contributed by atoms with Gasteiger partial charge in [0.15, 0.2) is 0 Å². The van der Waals surface area contributed by atoms with Gasteiger partial charge >= 0.3 is 17.9 Å². The molecule has 2 aromatic heterocycles. The minimum atomic E-state index is -1.22. The first kappa shape index (κ1) is 20.8. The molecule has 0 aliphatic heterocycles. The average Bonchev–Trinajstić information content (AvgIpc) is 3.12. The zero-order chi connectivity index (χ0) is 20.9. The number of rotatable bonds is 4. The molecule has 146 valence electrons. The van der Waals surface area contributed by atoms with Gasteiger partial charge in [0.1, 0.15) is 11.3 Å². The highest BCUT2D eigenvalue weighted by Crippen LogP contribution is 2.35. The van der Waals surface area contributed by atoms with Crippen molar-refractivity contribution in [2.45, 2.75) is 13.3 Å². The molecular formula is C18H16ClN3O6. The first-order valence-electron chi connectivity index (χ1n) is 7.88. The zero-order valence-corrected chi connectivity index (χ0v) is 15.3. The maximum Gasteiger partial charge on any atom is 0.339 e. The summed E-state index contributed by atoms with van der Waals surface area (Å²) in [6, 6.07) is 5.25. The maximum absolute atomic E-state index is 10.9. The SMILES string of the molecule is CC1(C(=O)O)C=C(Cl)C=C(C(=O)O)C1.O=C(O)c1c[nH]nc1-c1ccccn1. The summed E-state index contributed by atoms with van der Waals surface area (Å²) in [5.74, 6) is -3.23. The van der Waals surface area contributed by atoms with Crippen molar-refractivity contribution >= 4 is 29.5 Å².